The Morgan fingerprint density at radius 1 is 0.406 bits per heavy atom. The zero-order valence-corrected chi connectivity index (χ0v) is 22.6. The van der Waals surface area contributed by atoms with E-state index in [1.54, 1.807) is 0 Å². The van der Waals surface area contributed by atoms with Crippen LogP contribution < -0.4 is 5.73 Å². The van der Waals surface area contributed by atoms with Gasteiger partial charge in [0.1, 0.15) is 0 Å². The Hall–Kier alpha value is -0.0800. The lowest BCUT2D eigenvalue weighted by Gasteiger charge is -2.18. The normalized spacial score (nSPS) is 13.5. The van der Waals surface area contributed by atoms with Crippen LogP contribution in [0.5, 0.6) is 0 Å². The van der Waals surface area contributed by atoms with Crippen molar-refractivity contribution in [1.82, 2.24) is 0 Å². The van der Waals surface area contributed by atoms with Crippen molar-refractivity contribution in [3.63, 3.8) is 0 Å². The lowest BCUT2D eigenvalue weighted by molar-refractivity contribution is 0.126. The van der Waals surface area contributed by atoms with Gasteiger partial charge in [0.25, 0.3) is 0 Å². The minimum atomic E-state index is -0.286. The molecule has 2 heteroatoms. The number of aliphatic hydroxyl groups is 1. The summed E-state index contributed by atoms with van der Waals surface area (Å²) in [6, 6.07) is -0.00832. The van der Waals surface area contributed by atoms with E-state index in [-0.39, 0.29) is 12.1 Å². The molecule has 0 aliphatic heterocycles. The fourth-order valence-corrected chi connectivity index (χ4v) is 4.82. The van der Waals surface area contributed by atoms with E-state index in [2.05, 4.69) is 13.8 Å². The molecular formula is C30H63NO. The van der Waals surface area contributed by atoms with Gasteiger partial charge in [-0.2, -0.15) is 0 Å². The average Bonchev–Trinajstić information content (AvgIpc) is 2.80. The van der Waals surface area contributed by atoms with Crippen molar-refractivity contribution in [2.75, 3.05) is 0 Å². The van der Waals surface area contributed by atoms with Gasteiger partial charge in [0.05, 0.1) is 6.10 Å². The summed E-state index contributed by atoms with van der Waals surface area (Å²) in [5.41, 5.74) is 6.23. The molecule has 0 spiro atoms. The van der Waals surface area contributed by atoms with Crippen LogP contribution in [-0.4, -0.2) is 17.3 Å². The maximum absolute atomic E-state index is 10.3. The quantitative estimate of drug-likeness (QED) is 0.121. The first kappa shape index (κ1) is 31.9. The monoisotopic (exact) mass is 453 g/mol. The molecular weight excluding hydrogens is 390 g/mol. The Kier molecular flexibility index (Phi) is 27.1. The molecule has 3 N–H and O–H groups in total. The summed E-state index contributed by atoms with van der Waals surface area (Å²) in [6.07, 6.45) is 34.5. The first-order valence-electron chi connectivity index (χ1n) is 15.2. The summed E-state index contributed by atoms with van der Waals surface area (Å²) in [5, 5.41) is 10.3. The zero-order chi connectivity index (χ0) is 23.5. The van der Waals surface area contributed by atoms with Crippen LogP contribution in [-0.2, 0) is 0 Å². The highest BCUT2D eigenvalue weighted by Gasteiger charge is 2.13. The van der Waals surface area contributed by atoms with Crippen LogP contribution in [0.2, 0.25) is 0 Å². The molecule has 0 rings (SSSR count). The smallest absolute Gasteiger partial charge is 0.0691 e. The Morgan fingerprint density at radius 2 is 0.656 bits per heavy atom. The van der Waals surface area contributed by atoms with Crippen LogP contribution in [0.1, 0.15) is 181 Å². The predicted molar refractivity (Wildman–Crippen MR) is 145 cm³/mol. The van der Waals surface area contributed by atoms with Crippen LogP contribution in [0.15, 0.2) is 0 Å². The molecule has 0 saturated heterocycles. The standard InChI is InChI=1S/C30H63NO/c1-3-5-7-9-11-13-15-16-17-18-20-22-24-26-28-30(32)29(31)27-25-23-21-19-14-12-10-8-6-4-2/h29-30,32H,3-28,31H2,1-2H3. The number of nitrogens with two attached hydrogens (primary N) is 1. The minimum absolute atomic E-state index is 0.00832. The molecule has 0 aromatic carbocycles. The van der Waals surface area contributed by atoms with E-state index in [1.807, 2.05) is 0 Å². The summed E-state index contributed by atoms with van der Waals surface area (Å²) in [6.45, 7) is 4.57. The van der Waals surface area contributed by atoms with Crippen LogP contribution in [0.25, 0.3) is 0 Å². The van der Waals surface area contributed by atoms with Crippen molar-refractivity contribution in [2.24, 2.45) is 5.73 Å². The van der Waals surface area contributed by atoms with Gasteiger partial charge in [0.15, 0.2) is 0 Å². The highest BCUT2D eigenvalue weighted by molar-refractivity contribution is 4.71. The number of hydrogen-bond acceptors (Lipinski definition) is 2. The molecule has 0 aromatic heterocycles. The van der Waals surface area contributed by atoms with E-state index in [9.17, 15) is 5.11 Å². The Labute approximate surface area is 203 Å². The highest BCUT2D eigenvalue weighted by Crippen LogP contribution is 2.16. The minimum Gasteiger partial charge on any atom is -0.392 e. The van der Waals surface area contributed by atoms with E-state index in [0.717, 1.165) is 19.3 Å². The largest absolute Gasteiger partial charge is 0.392 e. The second kappa shape index (κ2) is 27.2. The SMILES string of the molecule is CCCCCCCCCCCCCCCCC(O)C(N)CCCCCCCCCCCC. The third-order valence-corrected chi connectivity index (χ3v) is 7.24. The van der Waals surface area contributed by atoms with Gasteiger partial charge in [-0.25, -0.2) is 0 Å². The van der Waals surface area contributed by atoms with Crippen molar-refractivity contribution in [1.29, 1.82) is 0 Å². The van der Waals surface area contributed by atoms with Crippen molar-refractivity contribution in [3.8, 4) is 0 Å². The van der Waals surface area contributed by atoms with Gasteiger partial charge in [-0.3, -0.25) is 0 Å². The Morgan fingerprint density at radius 3 is 0.969 bits per heavy atom. The molecule has 0 aliphatic carbocycles. The lowest BCUT2D eigenvalue weighted by Crippen LogP contribution is -2.34. The molecule has 0 aliphatic rings. The van der Waals surface area contributed by atoms with E-state index in [1.165, 1.54) is 148 Å². The Balaban J connectivity index is 3.28. The summed E-state index contributed by atoms with van der Waals surface area (Å²) in [4.78, 5) is 0. The van der Waals surface area contributed by atoms with Gasteiger partial charge in [-0.05, 0) is 12.8 Å². The average molecular weight is 454 g/mol. The topological polar surface area (TPSA) is 46.2 Å². The van der Waals surface area contributed by atoms with Crippen molar-refractivity contribution < 1.29 is 5.11 Å². The second-order valence-electron chi connectivity index (χ2n) is 10.6. The maximum Gasteiger partial charge on any atom is 0.0691 e. The summed E-state index contributed by atoms with van der Waals surface area (Å²) in [5.74, 6) is 0. The Bertz CT molecular complexity index is 333. The molecule has 2 atom stereocenters. The van der Waals surface area contributed by atoms with Crippen molar-refractivity contribution in [2.45, 2.75) is 193 Å². The third-order valence-electron chi connectivity index (χ3n) is 7.24. The fourth-order valence-electron chi connectivity index (χ4n) is 4.82. The van der Waals surface area contributed by atoms with Gasteiger partial charge in [0.2, 0.25) is 0 Å². The number of aliphatic hydroxyl groups excluding tert-OH is 1. The van der Waals surface area contributed by atoms with Crippen LogP contribution >= 0.6 is 0 Å². The molecule has 0 aromatic rings. The van der Waals surface area contributed by atoms with Crippen LogP contribution in [0, 0.1) is 0 Å². The summed E-state index contributed by atoms with van der Waals surface area (Å²) < 4.78 is 0. The van der Waals surface area contributed by atoms with Gasteiger partial charge >= 0.3 is 0 Å². The highest BCUT2D eigenvalue weighted by atomic mass is 16.3. The van der Waals surface area contributed by atoms with Gasteiger partial charge < -0.3 is 10.8 Å². The van der Waals surface area contributed by atoms with Gasteiger partial charge in [-0.15, -0.1) is 0 Å². The van der Waals surface area contributed by atoms with E-state index in [0.29, 0.717) is 0 Å². The first-order valence-corrected chi connectivity index (χ1v) is 15.2. The van der Waals surface area contributed by atoms with Gasteiger partial charge in [0, 0.05) is 6.04 Å². The van der Waals surface area contributed by atoms with E-state index >= 15 is 0 Å². The summed E-state index contributed by atoms with van der Waals surface area (Å²) >= 11 is 0. The van der Waals surface area contributed by atoms with Crippen LogP contribution in [0.4, 0.5) is 0 Å². The van der Waals surface area contributed by atoms with Crippen molar-refractivity contribution >= 4 is 0 Å². The second-order valence-corrected chi connectivity index (χ2v) is 10.6. The summed E-state index contributed by atoms with van der Waals surface area (Å²) in [7, 11) is 0. The molecule has 0 heterocycles. The van der Waals surface area contributed by atoms with E-state index < -0.39 is 0 Å². The first-order chi connectivity index (χ1) is 15.7. The molecule has 0 radical (unpaired) electrons. The maximum atomic E-state index is 10.3. The number of rotatable bonds is 27. The van der Waals surface area contributed by atoms with Gasteiger partial charge in [-0.1, -0.05) is 168 Å². The molecule has 0 amide bonds. The molecule has 0 saturated carbocycles. The molecule has 194 valence electrons. The molecule has 2 nitrogen and oxygen atoms in total. The van der Waals surface area contributed by atoms with Crippen molar-refractivity contribution in [3.05, 3.63) is 0 Å². The zero-order valence-electron chi connectivity index (χ0n) is 22.6. The fraction of sp³-hybridized carbons (Fsp3) is 1.00. The third kappa shape index (κ3) is 24.6. The lowest BCUT2D eigenvalue weighted by atomic mass is 9.98. The number of unbranched alkanes of at least 4 members (excludes halogenated alkanes) is 22. The molecule has 0 bridgehead atoms. The number of hydrogen-bond donors (Lipinski definition) is 2. The predicted octanol–water partition coefficient (Wildman–Crippen LogP) is 9.86. The molecule has 0 fully saturated rings. The molecule has 32 heavy (non-hydrogen) atoms. The van der Waals surface area contributed by atoms with Crippen LogP contribution in [0.3, 0.4) is 0 Å². The van der Waals surface area contributed by atoms with E-state index in [4.69, 9.17) is 5.73 Å². The molecule has 2 unspecified atom stereocenters.